The van der Waals surface area contributed by atoms with Crippen LogP contribution in [0.2, 0.25) is 13.1 Å². The monoisotopic (exact) mass is 583 g/mol. The smallest absolute Gasteiger partial charge is 1.00 e. The van der Waals surface area contributed by atoms with Crippen molar-refractivity contribution in [3.63, 3.8) is 0 Å². The molecule has 7 rings (SSSR count). The average molecular weight is 586 g/mol. The molecule has 0 saturated carbocycles. The molecule has 0 spiro atoms. The Morgan fingerprint density at radius 1 is 0.912 bits per heavy atom. The zero-order chi connectivity index (χ0) is 21.9. The van der Waals surface area contributed by atoms with Crippen LogP contribution < -0.4 is 24.8 Å². The van der Waals surface area contributed by atoms with Crippen LogP contribution in [0.15, 0.2) is 76.9 Å². The van der Waals surface area contributed by atoms with Crippen LogP contribution in [0.3, 0.4) is 0 Å². The van der Waals surface area contributed by atoms with Gasteiger partial charge in [0.25, 0.3) is 0 Å². The third-order valence-corrected chi connectivity index (χ3v) is 11.3. The van der Waals surface area contributed by atoms with Gasteiger partial charge in [-0.05, 0) is 35.2 Å². The molecule has 4 aromatic rings. The molecule has 3 aromatic carbocycles. The SMILES string of the molecule is CC1=C2c3ccoc3C1[Si]2(C)C.Cc1cc2c(-c3ccc(C(C)C)cc3)cccc2[cH-]1.[Cl-].[Cl-].[Zr+3]. The van der Waals surface area contributed by atoms with Gasteiger partial charge in [-0.25, -0.2) is 0 Å². The van der Waals surface area contributed by atoms with Crippen molar-refractivity contribution in [3.05, 3.63) is 95.0 Å². The van der Waals surface area contributed by atoms with Crippen LogP contribution in [0.25, 0.3) is 27.1 Å². The first kappa shape index (κ1) is 29.0. The normalized spacial score (nSPS) is 16.5. The second kappa shape index (κ2) is 10.8. The van der Waals surface area contributed by atoms with Crippen molar-refractivity contribution >= 4 is 24.0 Å². The van der Waals surface area contributed by atoms with Crippen LogP contribution in [0.5, 0.6) is 0 Å². The van der Waals surface area contributed by atoms with Gasteiger partial charge in [-0.1, -0.05) is 75.3 Å². The van der Waals surface area contributed by atoms with E-state index in [1.54, 1.807) is 10.8 Å². The molecule has 1 radical (unpaired) electrons. The van der Waals surface area contributed by atoms with Crippen LogP contribution in [0.4, 0.5) is 0 Å². The molecule has 1 nitrogen and oxygen atoms in total. The standard InChI is InChI=1S/C19H19.C10H12OSi.2ClH.Zr/c1-13(2)15-7-9-16(10-8-15)18-6-4-5-17-11-14(3)12-19(17)18;1-6-9-7-4-5-11-8(7)10(6)12(9,2)3;;;/h4-13H,1-3H3;4-5,10H,1-3H3;2*1H;/q-1;;;;+3/p-2. The van der Waals surface area contributed by atoms with Crippen molar-refractivity contribution in [3.8, 4) is 11.1 Å². The van der Waals surface area contributed by atoms with E-state index in [2.05, 4.69) is 101 Å². The van der Waals surface area contributed by atoms with Gasteiger partial charge in [-0.2, -0.15) is 6.07 Å². The molecule has 34 heavy (non-hydrogen) atoms. The fourth-order valence-corrected chi connectivity index (χ4v) is 10.0. The first-order valence-electron chi connectivity index (χ1n) is 11.3. The van der Waals surface area contributed by atoms with Crippen LogP contribution >= 0.6 is 0 Å². The predicted octanol–water partition coefficient (Wildman–Crippen LogP) is 2.61. The minimum absolute atomic E-state index is 0. The first-order chi connectivity index (χ1) is 14.8. The van der Waals surface area contributed by atoms with Crippen molar-refractivity contribution < 1.29 is 55.4 Å². The molecule has 1 aromatic heterocycles. The van der Waals surface area contributed by atoms with Gasteiger partial charge in [-0.15, -0.1) is 34.5 Å². The van der Waals surface area contributed by atoms with E-state index in [0.717, 1.165) is 0 Å². The van der Waals surface area contributed by atoms with E-state index >= 15 is 0 Å². The van der Waals surface area contributed by atoms with Crippen LogP contribution in [-0.2, 0) is 26.2 Å². The Kier molecular flexibility index (Phi) is 9.20. The van der Waals surface area contributed by atoms with Crippen molar-refractivity contribution in [2.45, 2.75) is 52.2 Å². The molecule has 2 bridgehead atoms. The Labute approximate surface area is 236 Å². The molecule has 1 unspecified atom stereocenters. The maximum Gasteiger partial charge on any atom is 3.00 e. The Bertz CT molecular complexity index is 1310. The number of benzene rings is 2. The van der Waals surface area contributed by atoms with E-state index in [1.165, 1.54) is 44.3 Å². The second-order valence-corrected chi connectivity index (χ2v) is 14.5. The summed E-state index contributed by atoms with van der Waals surface area (Å²) >= 11 is 0. The molecule has 5 heteroatoms. The summed E-state index contributed by atoms with van der Waals surface area (Å²) in [6.07, 6.45) is 1.83. The van der Waals surface area contributed by atoms with Gasteiger partial charge in [0, 0.05) is 11.1 Å². The maximum atomic E-state index is 5.53. The summed E-state index contributed by atoms with van der Waals surface area (Å²) in [7, 11) is -1.08. The minimum Gasteiger partial charge on any atom is -1.00 e. The van der Waals surface area contributed by atoms with Crippen LogP contribution in [0.1, 0.15) is 54.7 Å². The number of halogens is 2. The summed E-state index contributed by atoms with van der Waals surface area (Å²) in [6.45, 7) is 13.8. The molecule has 1 atom stereocenters. The van der Waals surface area contributed by atoms with Gasteiger partial charge < -0.3 is 29.2 Å². The molecule has 0 amide bonds. The van der Waals surface area contributed by atoms with E-state index in [-0.39, 0.29) is 51.0 Å². The van der Waals surface area contributed by atoms with Crippen LogP contribution in [0, 0.1) is 6.92 Å². The van der Waals surface area contributed by atoms with E-state index in [0.29, 0.717) is 11.5 Å². The van der Waals surface area contributed by atoms with Gasteiger partial charge in [0.05, 0.1) is 14.3 Å². The molecule has 0 saturated heterocycles. The number of rotatable bonds is 2. The molecule has 0 fully saturated rings. The van der Waals surface area contributed by atoms with Gasteiger partial charge >= 0.3 is 26.2 Å². The van der Waals surface area contributed by atoms with Gasteiger partial charge in [0.1, 0.15) is 5.76 Å². The van der Waals surface area contributed by atoms with E-state index in [9.17, 15) is 0 Å². The van der Waals surface area contributed by atoms with E-state index in [4.69, 9.17) is 4.42 Å². The Morgan fingerprint density at radius 3 is 2.18 bits per heavy atom. The van der Waals surface area contributed by atoms with Crippen molar-refractivity contribution in [2.24, 2.45) is 0 Å². The second-order valence-electron chi connectivity index (χ2n) is 10.0. The summed E-state index contributed by atoms with van der Waals surface area (Å²) in [4.78, 5) is 0. The summed E-state index contributed by atoms with van der Waals surface area (Å²) in [5, 5.41) is 4.36. The van der Waals surface area contributed by atoms with Gasteiger partial charge in [-0.3, -0.25) is 0 Å². The third kappa shape index (κ3) is 4.62. The molecule has 1 aliphatic carbocycles. The Morgan fingerprint density at radius 2 is 1.59 bits per heavy atom. The third-order valence-electron chi connectivity index (χ3n) is 7.20. The molecule has 3 heterocycles. The number of hydrogen-bond donors (Lipinski definition) is 0. The Balaban J connectivity index is 0.000000238. The number of allylic oxidation sites excluding steroid dienone is 1. The zero-order valence-corrected chi connectivity index (χ0v) is 25.6. The quantitative estimate of drug-likeness (QED) is 0.261. The fraction of sp³-hybridized carbons (Fsp3) is 0.276. The van der Waals surface area contributed by atoms with Crippen molar-refractivity contribution in [1.29, 1.82) is 0 Å². The Hall–Kier alpha value is -1.25. The summed E-state index contributed by atoms with van der Waals surface area (Å²) in [6, 6.07) is 22.2. The first-order valence-corrected chi connectivity index (χ1v) is 14.4. The van der Waals surface area contributed by atoms with Crippen molar-refractivity contribution in [2.75, 3.05) is 0 Å². The van der Waals surface area contributed by atoms with E-state index in [1.807, 2.05) is 6.26 Å². The molecular formula is C29H31Cl2OSiZr. The molecule has 175 valence electrons. The molecule has 0 N–H and O–H groups in total. The molecule has 3 aliphatic rings. The zero-order valence-electron chi connectivity index (χ0n) is 20.7. The molecule has 2 aliphatic heterocycles. The number of fused-ring (bicyclic) bond motifs is 1. The topological polar surface area (TPSA) is 13.1 Å². The number of hydrogen-bond acceptors (Lipinski definition) is 1. The fourth-order valence-electron chi connectivity index (χ4n) is 5.78. The number of furan rings is 1. The number of aryl methyl sites for hydroxylation is 1. The summed E-state index contributed by atoms with van der Waals surface area (Å²) < 4.78 is 5.53. The summed E-state index contributed by atoms with van der Waals surface area (Å²) in [5.74, 6) is 1.85. The van der Waals surface area contributed by atoms with Crippen LogP contribution in [-0.4, -0.2) is 8.07 Å². The minimum atomic E-state index is -1.08. The van der Waals surface area contributed by atoms with Gasteiger partial charge in [0.15, 0.2) is 0 Å². The van der Waals surface area contributed by atoms with Crippen molar-refractivity contribution in [1.82, 2.24) is 0 Å². The summed E-state index contributed by atoms with van der Waals surface area (Å²) in [5.41, 5.74) is 9.09. The average Bonchev–Trinajstić information content (AvgIpc) is 3.44. The molecular weight excluding hydrogens is 555 g/mol. The van der Waals surface area contributed by atoms with E-state index < -0.39 is 8.07 Å². The van der Waals surface area contributed by atoms with Gasteiger partial charge in [0.2, 0.25) is 0 Å². The largest absolute Gasteiger partial charge is 3.00 e. The predicted molar refractivity (Wildman–Crippen MR) is 135 cm³/mol. The maximum absolute atomic E-state index is 5.53.